The van der Waals surface area contributed by atoms with Crippen molar-refractivity contribution in [3.63, 3.8) is 0 Å². The molecule has 0 N–H and O–H groups in total. The number of carbonyl (C=O) groups excluding carboxylic acids is 1. The van der Waals surface area contributed by atoms with Crippen molar-refractivity contribution in [3.8, 4) is 0 Å². The Hall–Kier alpha value is -2.22. The zero-order valence-electron chi connectivity index (χ0n) is 14.3. The van der Waals surface area contributed by atoms with Crippen molar-refractivity contribution in [1.82, 2.24) is 29.7 Å². The lowest BCUT2D eigenvalue weighted by Crippen LogP contribution is -2.49. The Morgan fingerprint density at radius 3 is 2.75 bits per heavy atom. The molecular weight excluding hydrogens is 308 g/mol. The standard InChI is InChI=1S/C16H22N6O2/c1-10-8-12(21(3)18-10)16(23)22-7-6-20(2)13(9-22)15-17-14(19-24-15)11-4-5-11/h8,11,13H,4-7,9H2,1-3H3/t13-/m1/s1. The molecule has 1 aliphatic heterocycles. The van der Waals surface area contributed by atoms with Crippen LogP contribution in [0.5, 0.6) is 0 Å². The lowest BCUT2D eigenvalue weighted by molar-refractivity contribution is 0.0479. The van der Waals surface area contributed by atoms with Crippen LogP contribution in [0.15, 0.2) is 10.6 Å². The highest BCUT2D eigenvalue weighted by Crippen LogP contribution is 2.38. The Morgan fingerprint density at radius 1 is 1.29 bits per heavy atom. The molecule has 2 aromatic rings. The molecule has 3 heterocycles. The third kappa shape index (κ3) is 2.71. The second kappa shape index (κ2) is 5.70. The topological polar surface area (TPSA) is 80.3 Å². The van der Waals surface area contributed by atoms with Gasteiger partial charge in [-0.2, -0.15) is 10.1 Å². The summed E-state index contributed by atoms with van der Waals surface area (Å²) >= 11 is 0. The molecule has 2 fully saturated rings. The molecule has 8 heteroatoms. The molecule has 0 radical (unpaired) electrons. The number of hydrogen-bond donors (Lipinski definition) is 0. The summed E-state index contributed by atoms with van der Waals surface area (Å²) in [6.07, 6.45) is 2.29. The van der Waals surface area contributed by atoms with Gasteiger partial charge in [0.05, 0.1) is 5.69 Å². The minimum atomic E-state index is -0.0583. The Balaban J connectivity index is 1.53. The second-order valence-electron chi connectivity index (χ2n) is 6.81. The van der Waals surface area contributed by atoms with Gasteiger partial charge in [0, 0.05) is 32.6 Å². The zero-order valence-corrected chi connectivity index (χ0v) is 14.3. The van der Waals surface area contributed by atoms with Crippen LogP contribution in [-0.2, 0) is 7.05 Å². The SMILES string of the molecule is Cc1cc(C(=O)N2CCN(C)[C@@H](c3nc(C4CC4)no3)C2)n(C)n1. The molecular formula is C16H22N6O2. The van der Waals surface area contributed by atoms with Gasteiger partial charge in [-0.05, 0) is 32.9 Å². The molecule has 0 spiro atoms. The van der Waals surface area contributed by atoms with Gasteiger partial charge < -0.3 is 9.42 Å². The van der Waals surface area contributed by atoms with Crippen LogP contribution in [0, 0.1) is 6.92 Å². The smallest absolute Gasteiger partial charge is 0.272 e. The van der Waals surface area contributed by atoms with E-state index in [9.17, 15) is 4.79 Å². The molecule has 4 rings (SSSR count). The quantitative estimate of drug-likeness (QED) is 0.839. The molecule has 2 aromatic heterocycles. The number of nitrogens with zero attached hydrogens (tertiary/aromatic N) is 6. The Kier molecular flexibility index (Phi) is 3.64. The lowest BCUT2D eigenvalue weighted by Gasteiger charge is -2.37. The number of piperazine rings is 1. The average molecular weight is 330 g/mol. The highest BCUT2D eigenvalue weighted by atomic mass is 16.5. The highest BCUT2D eigenvalue weighted by Gasteiger charge is 2.35. The average Bonchev–Trinajstić information content (AvgIpc) is 3.19. The van der Waals surface area contributed by atoms with Crippen molar-refractivity contribution in [1.29, 1.82) is 0 Å². The first kappa shape index (κ1) is 15.3. The number of likely N-dealkylation sites (N-methyl/N-ethyl adjacent to an activating group) is 1. The fraction of sp³-hybridized carbons (Fsp3) is 0.625. The number of carbonyl (C=O) groups is 1. The minimum absolute atomic E-state index is 0.00173. The first-order valence-electron chi connectivity index (χ1n) is 8.36. The van der Waals surface area contributed by atoms with E-state index in [0.29, 0.717) is 30.6 Å². The highest BCUT2D eigenvalue weighted by molar-refractivity contribution is 5.92. The van der Waals surface area contributed by atoms with Crippen molar-refractivity contribution in [3.05, 3.63) is 29.2 Å². The number of aryl methyl sites for hydroxylation is 2. The van der Waals surface area contributed by atoms with Gasteiger partial charge in [0.1, 0.15) is 11.7 Å². The Labute approximate surface area is 140 Å². The Morgan fingerprint density at radius 2 is 2.08 bits per heavy atom. The van der Waals surface area contributed by atoms with Gasteiger partial charge in [-0.15, -0.1) is 0 Å². The summed E-state index contributed by atoms with van der Waals surface area (Å²) in [5, 5.41) is 8.37. The lowest BCUT2D eigenvalue weighted by atomic mass is 10.1. The molecule has 0 bridgehead atoms. The maximum Gasteiger partial charge on any atom is 0.272 e. The molecule has 0 unspecified atom stereocenters. The minimum Gasteiger partial charge on any atom is -0.338 e. The number of amides is 1. The summed E-state index contributed by atoms with van der Waals surface area (Å²) in [5.41, 5.74) is 1.46. The number of aromatic nitrogens is 4. The summed E-state index contributed by atoms with van der Waals surface area (Å²) in [6.45, 7) is 3.89. The molecule has 1 amide bonds. The summed E-state index contributed by atoms with van der Waals surface area (Å²) in [6, 6.07) is 1.77. The van der Waals surface area contributed by atoms with Crippen LogP contribution in [0.25, 0.3) is 0 Å². The first-order valence-corrected chi connectivity index (χ1v) is 8.36. The maximum atomic E-state index is 12.8. The molecule has 2 aliphatic rings. The zero-order chi connectivity index (χ0) is 16.8. The van der Waals surface area contributed by atoms with Crippen molar-refractivity contribution >= 4 is 5.91 Å². The van der Waals surface area contributed by atoms with Gasteiger partial charge in [-0.25, -0.2) is 0 Å². The van der Waals surface area contributed by atoms with Crippen LogP contribution in [-0.4, -0.2) is 62.3 Å². The van der Waals surface area contributed by atoms with Gasteiger partial charge in [0.2, 0.25) is 5.89 Å². The van der Waals surface area contributed by atoms with E-state index >= 15 is 0 Å². The maximum absolute atomic E-state index is 12.8. The molecule has 1 atom stereocenters. The predicted molar refractivity (Wildman–Crippen MR) is 85.5 cm³/mol. The molecule has 0 aromatic carbocycles. The van der Waals surface area contributed by atoms with E-state index in [1.807, 2.05) is 24.9 Å². The van der Waals surface area contributed by atoms with Crippen molar-refractivity contribution in [2.24, 2.45) is 7.05 Å². The van der Waals surface area contributed by atoms with Gasteiger partial charge in [-0.3, -0.25) is 14.4 Å². The van der Waals surface area contributed by atoms with E-state index in [2.05, 4.69) is 20.1 Å². The molecule has 1 aliphatic carbocycles. The van der Waals surface area contributed by atoms with E-state index in [1.165, 1.54) is 0 Å². The summed E-state index contributed by atoms with van der Waals surface area (Å²) in [7, 11) is 3.83. The van der Waals surface area contributed by atoms with E-state index in [-0.39, 0.29) is 11.9 Å². The van der Waals surface area contributed by atoms with Crippen LogP contribution in [0.2, 0.25) is 0 Å². The van der Waals surface area contributed by atoms with E-state index in [0.717, 1.165) is 30.9 Å². The van der Waals surface area contributed by atoms with Crippen LogP contribution < -0.4 is 0 Å². The summed E-state index contributed by atoms with van der Waals surface area (Å²) < 4.78 is 7.12. The molecule has 24 heavy (non-hydrogen) atoms. The number of rotatable bonds is 3. The van der Waals surface area contributed by atoms with Crippen molar-refractivity contribution in [2.45, 2.75) is 31.7 Å². The van der Waals surface area contributed by atoms with Gasteiger partial charge in [0.25, 0.3) is 5.91 Å². The van der Waals surface area contributed by atoms with Crippen LogP contribution >= 0.6 is 0 Å². The Bertz CT molecular complexity index is 762. The summed E-state index contributed by atoms with van der Waals surface area (Å²) in [5.74, 6) is 1.88. The van der Waals surface area contributed by atoms with Gasteiger partial charge in [0.15, 0.2) is 5.82 Å². The third-order valence-corrected chi connectivity index (χ3v) is 4.84. The molecule has 8 nitrogen and oxygen atoms in total. The van der Waals surface area contributed by atoms with Crippen LogP contribution in [0.1, 0.15) is 52.7 Å². The molecule has 1 saturated heterocycles. The molecule has 128 valence electrons. The summed E-state index contributed by atoms with van der Waals surface area (Å²) in [4.78, 5) is 21.4. The molecule has 1 saturated carbocycles. The van der Waals surface area contributed by atoms with E-state index in [4.69, 9.17) is 4.52 Å². The van der Waals surface area contributed by atoms with E-state index in [1.54, 1.807) is 11.7 Å². The van der Waals surface area contributed by atoms with E-state index < -0.39 is 0 Å². The van der Waals surface area contributed by atoms with Crippen LogP contribution in [0.3, 0.4) is 0 Å². The van der Waals surface area contributed by atoms with Crippen LogP contribution in [0.4, 0.5) is 0 Å². The van der Waals surface area contributed by atoms with Gasteiger partial charge >= 0.3 is 0 Å². The van der Waals surface area contributed by atoms with Crippen molar-refractivity contribution < 1.29 is 9.32 Å². The first-order chi connectivity index (χ1) is 11.5. The largest absolute Gasteiger partial charge is 0.338 e. The third-order valence-electron chi connectivity index (χ3n) is 4.84. The fourth-order valence-corrected chi connectivity index (χ4v) is 3.19. The van der Waals surface area contributed by atoms with Crippen molar-refractivity contribution in [2.75, 3.05) is 26.7 Å². The normalized spacial score (nSPS) is 22.1. The van der Waals surface area contributed by atoms with Gasteiger partial charge in [-0.1, -0.05) is 5.16 Å². The number of hydrogen-bond acceptors (Lipinski definition) is 6. The fourth-order valence-electron chi connectivity index (χ4n) is 3.19. The predicted octanol–water partition coefficient (Wildman–Crippen LogP) is 1.12. The monoisotopic (exact) mass is 330 g/mol. The second-order valence-corrected chi connectivity index (χ2v) is 6.81.